The van der Waals surface area contributed by atoms with Gasteiger partial charge in [-0.3, -0.25) is 9.69 Å². The van der Waals surface area contributed by atoms with Gasteiger partial charge in [0, 0.05) is 17.8 Å². The molecule has 1 aromatic rings. The Hall–Kier alpha value is -1.67. The molecule has 8 heteroatoms. The van der Waals surface area contributed by atoms with E-state index in [9.17, 15) is 18.0 Å². The number of nitrogens with two attached hydrogens (primary N) is 1. The number of likely N-dealkylation sites (N-methyl/N-ethyl adjacent to an activating group) is 1. The maximum absolute atomic E-state index is 12.1. The molecule has 0 unspecified atom stereocenters. The molecule has 0 spiro atoms. The van der Waals surface area contributed by atoms with Crippen LogP contribution in [0.3, 0.4) is 0 Å². The van der Waals surface area contributed by atoms with Crippen LogP contribution in [0, 0.1) is 0 Å². The number of halogens is 3. The highest BCUT2D eigenvalue weighted by molar-refractivity contribution is 7.80. The van der Waals surface area contributed by atoms with Gasteiger partial charge in [0.2, 0.25) is 5.91 Å². The molecule has 1 aromatic carbocycles. The molecular formula is C13H16F3N3OS. The molecule has 0 saturated heterocycles. The highest BCUT2D eigenvalue weighted by Crippen LogP contribution is 2.19. The van der Waals surface area contributed by atoms with Gasteiger partial charge in [-0.15, -0.1) is 0 Å². The molecule has 0 heterocycles. The Balaban J connectivity index is 2.44. The van der Waals surface area contributed by atoms with Gasteiger partial charge in [-0.2, -0.15) is 13.2 Å². The van der Waals surface area contributed by atoms with Crippen molar-refractivity contribution in [3.63, 3.8) is 0 Å². The smallest absolute Gasteiger partial charge is 0.389 e. The Morgan fingerprint density at radius 1 is 1.33 bits per heavy atom. The predicted octanol–water partition coefficient (Wildman–Crippen LogP) is 2.14. The maximum atomic E-state index is 12.1. The number of anilines is 1. The summed E-state index contributed by atoms with van der Waals surface area (Å²) < 4.78 is 36.2. The molecule has 0 aliphatic carbocycles. The Morgan fingerprint density at radius 2 is 1.90 bits per heavy atom. The van der Waals surface area contributed by atoms with Gasteiger partial charge in [-0.1, -0.05) is 12.2 Å². The molecule has 0 bridgehead atoms. The third-order valence-corrected chi connectivity index (χ3v) is 2.88. The summed E-state index contributed by atoms with van der Waals surface area (Å²) >= 11 is 4.80. The first-order valence-electron chi connectivity index (χ1n) is 6.12. The van der Waals surface area contributed by atoms with Crippen LogP contribution in [-0.4, -0.2) is 42.1 Å². The number of nitrogens with zero attached hydrogens (tertiary/aromatic N) is 1. The van der Waals surface area contributed by atoms with Gasteiger partial charge in [-0.25, -0.2) is 0 Å². The number of amides is 1. The lowest BCUT2D eigenvalue weighted by atomic mass is 10.2. The standard InChI is InChI=1S/C13H16F3N3OS/c1-19(7-6-13(14,15)16)8-11(20)18-10-4-2-9(3-5-10)12(17)21/h2-5H,6-8H2,1H3,(H2,17,21)(H,18,20). The molecule has 116 valence electrons. The summed E-state index contributed by atoms with van der Waals surface area (Å²) in [5.41, 5.74) is 6.65. The Kier molecular flexibility index (Phi) is 6.10. The molecule has 0 aliphatic rings. The Morgan fingerprint density at radius 3 is 2.38 bits per heavy atom. The second-order valence-electron chi connectivity index (χ2n) is 4.59. The van der Waals surface area contributed by atoms with E-state index < -0.39 is 12.6 Å². The third-order valence-electron chi connectivity index (χ3n) is 2.64. The average molecular weight is 319 g/mol. The molecule has 1 rings (SSSR count). The van der Waals surface area contributed by atoms with Crippen LogP contribution in [0.15, 0.2) is 24.3 Å². The second kappa shape index (κ2) is 7.37. The van der Waals surface area contributed by atoms with Crippen molar-refractivity contribution in [2.24, 2.45) is 5.73 Å². The lowest BCUT2D eigenvalue weighted by Crippen LogP contribution is -2.32. The lowest BCUT2D eigenvalue weighted by Gasteiger charge is -2.17. The molecular weight excluding hydrogens is 303 g/mol. The summed E-state index contributed by atoms with van der Waals surface area (Å²) in [6, 6.07) is 6.57. The zero-order chi connectivity index (χ0) is 16.0. The van der Waals surface area contributed by atoms with Crippen LogP contribution >= 0.6 is 12.2 Å². The number of carbonyl (C=O) groups is 1. The lowest BCUT2D eigenvalue weighted by molar-refractivity contribution is -0.138. The normalized spacial score (nSPS) is 11.5. The van der Waals surface area contributed by atoms with Crippen molar-refractivity contribution in [2.75, 3.05) is 25.5 Å². The molecule has 4 nitrogen and oxygen atoms in total. The van der Waals surface area contributed by atoms with Crippen molar-refractivity contribution < 1.29 is 18.0 Å². The zero-order valence-electron chi connectivity index (χ0n) is 11.4. The van der Waals surface area contributed by atoms with E-state index in [0.717, 1.165) is 0 Å². The number of alkyl halides is 3. The molecule has 0 radical (unpaired) electrons. The summed E-state index contributed by atoms with van der Waals surface area (Å²) in [6.45, 7) is -0.343. The third kappa shape index (κ3) is 7.05. The largest absolute Gasteiger partial charge is 0.390 e. The van der Waals surface area contributed by atoms with Crippen molar-refractivity contribution in [3.8, 4) is 0 Å². The number of thiocarbonyl (C=S) groups is 1. The van der Waals surface area contributed by atoms with E-state index >= 15 is 0 Å². The quantitative estimate of drug-likeness (QED) is 0.789. The maximum Gasteiger partial charge on any atom is 0.390 e. The fourth-order valence-electron chi connectivity index (χ4n) is 1.56. The molecule has 1 amide bonds. The van der Waals surface area contributed by atoms with Gasteiger partial charge in [0.1, 0.15) is 4.99 Å². The molecule has 0 aromatic heterocycles. The molecule has 3 N–H and O–H groups in total. The minimum absolute atomic E-state index is 0.118. The van der Waals surface area contributed by atoms with Gasteiger partial charge in [0.25, 0.3) is 0 Å². The predicted molar refractivity (Wildman–Crippen MR) is 79.1 cm³/mol. The van der Waals surface area contributed by atoms with E-state index in [-0.39, 0.29) is 24.0 Å². The monoisotopic (exact) mass is 319 g/mol. The molecule has 21 heavy (non-hydrogen) atoms. The van der Waals surface area contributed by atoms with Crippen molar-refractivity contribution in [2.45, 2.75) is 12.6 Å². The fraction of sp³-hybridized carbons (Fsp3) is 0.385. The SMILES string of the molecule is CN(CCC(F)(F)F)CC(=O)Nc1ccc(C(N)=S)cc1. The van der Waals surface area contributed by atoms with Crippen molar-refractivity contribution in [3.05, 3.63) is 29.8 Å². The van der Waals surface area contributed by atoms with Crippen molar-refractivity contribution in [1.82, 2.24) is 4.90 Å². The topological polar surface area (TPSA) is 58.4 Å². The minimum atomic E-state index is -4.22. The first-order chi connectivity index (χ1) is 9.67. The summed E-state index contributed by atoms with van der Waals surface area (Å²) in [5.74, 6) is -0.386. The number of carbonyl (C=O) groups excluding carboxylic acids is 1. The van der Waals surface area contributed by atoms with Crippen molar-refractivity contribution in [1.29, 1.82) is 0 Å². The van der Waals surface area contributed by atoms with Crippen LogP contribution in [0.25, 0.3) is 0 Å². The highest BCUT2D eigenvalue weighted by atomic mass is 32.1. The van der Waals surface area contributed by atoms with E-state index in [4.69, 9.17) is 18.0 Å². The van der Waals surface area contributed by atoms with Crippen LogP contribution in [0.1, 0.15) is 12.0 Å². The van der Waals surface area contributed by atoms with Crippen LogP contribution < -0.4 is 11.1 Å². The molecule has 0 fully saturated rings. The van der Waals surface area contributed by atoms with Crippen LogP contribution in [0.5, 0.6) is 0 Å². The van der Waals surface area contributed by atoms with Gasteiger partial charge in [0.05, 0.1) is 13.0 Å². The van der Waals surface area contributed by atoms with Crippen molar-refractivity contribution >= 4 is 28.8 Å². The first-order valence-corrected chi connectivity index (χ1v) is 6.53. The van der Waals surface area contributed by atoms with E-state index in [1.165, 1.54) is 11.9 Å². The van der Waals surface area contributed by atoms with E-state index in [2.05, 4.69) is 5.32 Å². The van der Waals surface area contributed by atoms with E-state index in [0.29, 0.717) is 11.3 Å². The Bertz CT molecular complexity index is 502. The number of benzene rings is 1. The summed E-state index contributed by atoms with van der Waals surface area (Å²) in [4.78, 5) is 13.2. The van der Waals surface area contributed by atoms with Gasteiger partial charge in [0.15, 0.2) is 0 Å². The number of nitrogens with one attached hydrogen (secondary N) is 1. The minimum Gasteiger partial charge on any atom is -0.389 e. The summed E-state index contributed by atoms with van der Waals surface area (Å²) in [6.07, 6.45) is -5.17. The number of hydrogen-bond donors (Lipinski definition) is 2. The Labute approximate surface area is 126 Å². The van der Waals surface area contributed by atoms with E-state index in [1.807, 2.05) is 0 Å². The second-order valence-corrected chi connectivity index (χ2v) is 5.03. The number of hydrogen-bond acceptors (Lipinski definition) is 3. The highest BCUT2D eigenvalue weighted by Gasteiger charge is 2.27. The molecule has 0 aliphatic heterocycles. The average Bonchev–Trinajstić information content (AvgIpc) is 2.36. The van der Waals surface area contributed by atoms with Crippen LogP contribution in [0.4, 0.5) is 18.9 Å². The summed E-state index contributed by atoms with van der Waals surface area (Å²) in [5, 5.41) is 2.59. The zero-order valence-corrected chi connectivity index (χ0v) is 12.2. The summed E-state index contributed by atoms with van der Waals surface area (Å²) in [7, 11) is 1.46. The van der Waals surface area contributed by atoms with Crippen LogP contribution in [0.2, 0.25) is 0 Å². The van der Waals surface area contributed by atoms with Crippen LogP contribution in [-0.2, 0) is 4.79 Å². The van der Waals surface area contributed by atoms with Gasteiger partial charge in [-0.05, 0) is 31.3 Å². The fourth-order valence-corrected chi connectivity index (χ4v) is 1.70. The molecule has 0 atom stereocenters. The first kappa shape index (κ1) is 17.4. The van der Waals surface area contributed by atoms with Gasteiger partial charge < -0.3 is 11.1 Å². The molecule has 0 saturated carbocycles. The number of rotatable bonds is 6. The van der Waals surface area contributed by atoms with Gasteiger partial charge >= 0.3 is 6.18 Å². The van der Waals surface area contributed by atoms with E-state index in [1.54, 1.807) is 24.3 Å².